The van der Waals surface area contributed by atoms with Crippen molar-refractivity contribution < 1.29 is 9.90 Å². The van der Waals surface area contributed by atoms with Crippen molar-refractivity contribution in [3.8, 4) is 5.69 Å². The first-order chi connectivity index (χ1) is 7.59. The summed E-state index contributed by atoms with van der Waals surface area (Å²) in [6.45, 7) is 0. The van der Waals surface area contributed by atoms with Gasteiger partial charge in [0.05, 0.1) is 5.69 Å². The molecule has 2 aromatic rings. The molecule has 1 N–H and O–H groups in total. The van der Waals surface area contributed by atoms with E-state index in [0.717, 1.165) is 14.6 Å². The fraction of sp³-hybridized carbons (Fsp3) is 0. The van der Waals surface area contributed by atoms with E-state index >= 15 is 0 Å². The third-order valence-corrected chi connectivity index (χ3v) is 3.22. The van der Waals surface area contributed by atoms with Gasteiger partial charge in [0.15, 0.2) is 0 Å². The van der Waals surface area contributed by atoms with Crippen molar-refractivity contribution in [3.63, 3.8) is 0 Å². The lowest BCUT2D eigenvalue weighted by molar-refractivity contribution is 0.0688. The van der Waals surface area contributed by atoms with Gasteiger partial charge in [0, 0.05) is 15.1 Å². The number of carboxylic acid groups (broad SMARTS) is 1. The van der Waals surface area contributed by atoms with Gasteiger partial charge in [-0.25, -0.2) is 4.79 Å². The topological polar surface area (TPSA) is 42.2 Å². The van der Waals surface area contributed by atoms with E-state index in [-0.39, 0.29) is 5.69 Å². The van der Waals surface area contributed by atoms with Crippen molar-refractivity contribution in [3.05, 3.63) is 51.2 Å². The Hall–Kier alpha value is -1.07. The van der Waals surface area contributed by atoms with Crippen LogP contribution in [0.2, 0.25) is 0 Å². The van der Waals surface area contributed by atoms with Gasteiger partial charge in [-0.05, 0) is 50.1 Å². The highest BCUT2D eigenvalue weighted by Crippen LogP contribution is 2.25. The van der Waals surface area contributed by atoms with Crippen LogP contribution in [0.4, 0.5) is 0 Å². The van der Waals surface area contributed by atoms with Gasteiger partial charge in [0.1, 0.15) is 5.69 Å². The zero-order chi connectivity index (χ0) is 11.7. The number of nitrogens with zero attached hydrogens (tertiary/aromatic N) is 1. The van der Waals surface area contributed by atoms with Gasteiger partial charge in [-0.3, -0.25) is 0 Å². The third-order valence-electron chi connectivity index (χ3n) is 2.12. The maximum Gasteiger partial charge on any atom is 0.352 e. The normalized spacial score (nSPS) is 10.4. The lowest BCUT2D eigenvalue weighted by Crippen LogP contribution is -2.05. The Balaban J connectivity index is 2.64. The summed E-state index contributed by atoms with van der Waals surface area (Å²) in [6, 6.07) is 9.03. The Labute approximate surface area is 109 Å². The lowest BCUT2D eigenvalue weighted by Gasteiger charge is -2.07. The van der Waals surface area contributed by atoms with Gasteiger partial charge >= 0.3 is 5.97 Å². The van der Waals surface area contributed by atoms with Crippen LogP contribution in [0.3, 0.4) is 0 Å². The van der Waals surface area contributed by atoms with Gasteiger partial charge in [0.25, 0.3) is 0 Å². The number of hydrogen-bond donors (Lipinski definition) is 1. The summed E-state index contributed by atoms with van der Waals surface area (Å²) in [5.74, 6) is -0.957. The quantitative estimate of drug-likeness (QED) is 0.902. The molecule has 0 saturated carbocycles. The molecule has 16 heavy (non-hydrogen) atoms. The summed E-state index contributed by atoms with van der Waals surface area (Å²) < 4.78 is 3.21. The van der Waals surface area contributed by atoms with Crippen LogP contribution in [0.15, 0.2) is 45.5 Å². The van der Waals surface area contributed by atoms with Crippen molar-refractivity contribution in [2.24, 2.45) is 0 Å². The molecular weight excluding hydrogens is 338 g/mol. The molecule has 0 saturated heterocycles. The Morgan fingerprint density at radius 3 is 2.56 bits per heavy atom. The second-order valence-corrected chi connectivity index (χ2v) is 4.94. The van der Waals surface area contributed by atoms with Gasteiger partial charge in [-0.2, -0.15) is 0 Å². The number of aromatic nitrogens is 1. The van der Waals surface area contributed by atoms with Crippen LogP contribution in [0.1, 0.15) is 10.5 Å². The highest BCUT2D eigenvalue weighted by molar-refractivity contribution is 9.10. The highest BCUT2D eigenvalue weighted by Gasteiger charge is 2.14. The van der Waals surface area contributed by atoms with E-state index in [0.29, 0.717) is 0 Å². The fourth-order valence-corrected chi connectivity index (χ4v) is 2.34. The predicted octanol–water partition coefficient (Wildman–Crippen LogP) is 3.70. The van der Waals surface area contributed by atoms with Gasteiger partial charge in [-0.15, -0.1) is 0 Å². The number of para-hydroxylation sites is 1. The van der Waals surface area contributed by atoms with E-state index < -0.39 is 5.97 Å². The average Bonchev–Trinajstić information content (AvgIpc) is 2.61. The van der Waals surface area contributed by atoms with Crippen LogP contribution < -0.4 is 0 Å². The minimum Gasteiger partial charge on any atom is -0.477 e. The molecule has 0 unspecified atom stereocenters. The summed E-state index contributed by atoms with van der Waals surface area (Å²) in [5, 5.41) is 9.07. The Morgan fingerprint density at radius 1 is 1.25 bits per heavy atom. The molecule has 0 atom stereocenters. The van der Waals surface area contributed by atoms with Crippen LogP contribution in [-0.2, 0) is 0 Å². The third kappa shape index (κ3) is 2.05. The minimum atomic E-state index is -0.957. The Kier molecular flexibility index (Phi) is 3.16. The number of halogens is 2. The molecule has 3 nitrogen and oxygen atoms in total. The molecule has 0 fully saturated rings. The smallest absolute Gasteiger partial charge is 0.352 e. The second-order valence-electron chi connectivity index (χ2n) is 3.17. The van der Waals surface area contributed by atoms with E-state index in [1.165, 1.54) is 0 Å². The van der Waals surface area contributed by atoms with E-state index in [1.54, 1.807) is 16.8 Å². The Morgan fingerprint density at radius 2 is 1.94 bits per heavy atom. The van der Waals surface area contributed by atoms with Gasteiger partial charge in [0.2, 0.25) is 0 Å². The van der Waals surface area contributed by atoms with Crippen molar-refractivity contribution in [1.82, 2.24) is 4.57 Å². The van der Waals surface area contributed by atoms with E-state index in [2.05, 4.69) is 31.9 Å². The molecule has 5 heteroatoms. The van der Waals surface area contributed by atoms with Crippen molar-refractivity contribution in [2.45, 2.75) is 0 Å². The maximum absolute atomic E-state index is 11.1. The first-order valence-electron chi connectivity index (χ1n) is 4.45. The van der Waals surface area contributed by atoms with E-state index in [1.807, 2.05) is 24.3 Å². The summed E-state index contributed by atoms with van der Waals surface area (Å²) >= 11 is 6.67. The SMILES string of the molecule is O=C(O)c1cc(Br)cn1-c1ccccc1Br. The molecule has 0 radical (unpaired) electrons. The molecule has 0 aliphatic rings. The molecular formula is C11H7Br2NO2. The largest absolute Gasteiger partial charge is 0.477 e. The molecule has 2 rings (SSSR count). The zero-order valence-electron chi connectivity index (χ0n) is 8.02. The van der Waals surface area contributed by atoms with Gasteiger partial charge < -0.3 is 9.67 Å². The molecule has 1 heterocycles. The first-order valence-corrected chi connectivity index (χ1v) is 6.04. The summed E-state index contributed by atoms with van der Waals surface area (Å²) in [7, 11) is 0. The monoisotopic (exact) mass is 343 g/mol. The molecule has 1 aromatic carbocycles. The van der Waals surface area contributed by atoms with E-state index in [9.17, 15) is 4.79 Å². The summed E-state index contributed by atoms with van der Waals surface area (Å²) in [5.41, 5.74) is 1.02. The number of rotatable bonds is 2. The Bertz CT molecular complexity index is 549. The molecule has 82 valence electrons. The predicted molar refractivity (Wildman–Crippen MR) is 68.1 cm³/mol. The number of carboxylic acids is 1. The zero-order valence-corrected chi connectivity index (χ0v) is 11.2. The number of aromatic carboxylic acids is 1. The number of benzene rings is 1. The van der Waals surface area contributed by atoms with Crippen LogP contribution >= 0.6 is 31.9 Å². The van der Waals surface area contributed by atoms with Crippen LogP contribution in [0.25, 0.3) is 5.69 Å². The van der Waals surface area contributed by atoms with Gasteiger partial charge in [-0.1, -0.05) is 12.1 Å². The highest BCUT2D eigenvalue weighted by atomic mass is 79.9. The van der Waals surface area contributed by atoms with E-state index in [4.69, 9.17) is 5.11 Å². The first kappa shape index (κ1) is 11.4. The van der Waals surface area contributed by atoms with Crippen molar-refractivity contribution in [2.75, 3.05) is 0 Å². The lowest BCUT2D eigenvalue weighted by atomic mass is 10.3. The summed E-state index contributed by atoms with van der Waals surface area (Å²) in [4.78, 5) is 11.1. The molecule has 1 aromatic heterocycles. The van der Waals surface area contributed by atoms with Crippen molar-refractivity contribution in [1.29, 1.82) is 0 Å². The van der Waals surface area contributed by atoms with Crippen LogP contribution in [0, 0.1) is 0 Å². The summed E-state index contributed by atoms with van der Waals surface area (Å²) in [6.07, 6.45) is 1.73. The van der Waals surface area contributed by atoms with Crippen LogP contribution in [-0.4, -0.2) is 15.6 Å². The van der Waals surface area contributed by atoms with Crippen molar-refractivity contribution >= 4 is 37.8 Å². The molecule has 0 spiro atoms. The fourth-order valence-electron chi connectivity index (χ4n) is 1.44. The molecule has 0 bridgehead atoms. The molecule has 0 amide bonds. The number of hydrogen-bond acceptors (Lipinski definition) is 1. The standard InChI is InChI=1S/C11H7Br2NO2/c12-7-5-10(11(15)16)14(6-7)9-4-2-1-3-8(9)13/h1-6H,(H,15,16). The molecule has 0 aliphatic carbocycles. The van der Waals surface area contributed by atoms with Crippen LogP contribution in [0.5, 0.6) is 0 Å². The minimum absolute atomic E-state index is 0.221. The molecule has 0 aliphatic heterocycles. The number of carbonyl (C=O) groups is 1. The maximum atomic E-state index is 11.1. The average molecular weight is 345 g/mol. The second kappa shape index (κ2) is 4.43.